The van der Waals surface area contributed by atoms with Crippen LogP contribution >= 0.6 is 11.8 Å². The van der Waals surface area contributed by atoms with Crippen LogP contribution in [0.15, 0.2) is 0 Å². The van der Waals surface area contributed by atoms with E-state index >= 15 is 0 Å². The average Bonchev–Trinajstić information content (AvgIpc) is 2.30. The minimum atomic E-state index is 0.775. The van der Waals surface area contributed by atoms with Crippen LogP contribution in [-0.4, -0.2) is 24.6 Å². The van der Waals surface area contributed by atoms with Crippen molar-refractivity contribution in [2.75, 3.05) is 13.3 Å². The highest BCUT2D eigenvalue weighted by molar-refractivity contribution is 7.99. The Bertz CT molecular complexity index is 93.4. The van der Waals surface area contributed by atoms with E-state index < -0.39 is 0 Å². The minimum absolute atomic E-state index is 0.775. The number of thioether (sulfide) groups is 1. The summed E-state index contributed by atoms with van der Waals surface area (Å²) >= 11 is 2.02. The topological polar surface area (TPSA) is 12.0 Å². The first-order chi connectivity index (χ1) is 4.79. The van der Waals surface area contributed by atoms with E-state index in [1.165, 1.54) is 12.8 Å². The van der Waals surface area contributed by atoms with Crippen LogP contribution in [0.5, 0.6) is 0 Å². The summed E-state index contributed by atoms with van der Waals surface area (Å²) in [6.07, 6.45) is 4.98. The molecule has 0 bridgehead atoms. The summed E-state index contributed by atoms with van der Waals surface area (Å²) < 4.78 is 0. The molecule has 2 heteroatoms. The predicted molar refractivity (Wildman–Crippen MR) is 48.5 cm³/mol. The third-order valence-corrected chi connectivity index (χ3v) is 3.93. The molecule has 0 saturated heterocycles. The van der Waals surface area contributed by atoms with Crippen molar-refractivity contribution in [3.05, 3.63) is 0 Å². The molecular formula is C8H17NS. The molecule has 0 aromatic heterocycles. The van der Waals surface area contributed by atoms with E-state index in [1.54, 1.807) is 0 Å². The molecule has 1 aliphatic rings. The number of rotatable bonds is 2. The van der Waals surface area contributed by atoms with Crippen molar-refractivity contribution in [1.29, 1.82) is 0 Å². The normalized spacial score (nSPS) is 40.5. The quantitative estimate of drug-likeness (QED) is 0.658. The van der Waals surface area contributed by atoms with Crippen LogP contribution in [-0.2, 0) is 0 Å². The number of nitrogens with one attached hydrogen (secondary N) is 1. The van der Waals surface area contributed by atoms with E-state index in [2.05, 4.69) is 25.5 Å². The summed E-state index contributed by atoms with van der Waals surface area (Å²) in [5.74, 6) is 0.861. The molecule has 0 aromatic carbocycles. The zero-order chi connectivity index (χ0) is 7.56. The lowest BCUT2D eigenvalue weighted by Crippen LogP contribution is -2.29. The van der Waals surface area contributed by atoms with Crippen molar-refractivity contribution in [2.45, 2.75) is 31.1 Å². The Morgan fingerprint density at radius 3 is 2.40 bits per heavy atom. The molecule has 0 heterocycles. The van der Waals surface area contributed by atoms with E-state index in [9.17, 15) is 0 Å². The van der Waals surface area contributed by atoms with Gasteiger partial charge in [-0.25, -0.2) is 0 Å². The standard InChI is InChI=1S/C8H17NS/c1-6-7(9-2)4-5-8(6)10-3/h6-9H,4-5H2,1-3H3. The van der Waals surface area contributed by atoms with Crippen LogP contribution in [0.4, 0.5) is 0 Å². The Morgan fingerprint density at radius 1 is 1.40 bits per heavy atom. The Morgan fingerprint density at radius 2 is 2.10 bits per heavy atom. The maximum absolute atomic E-state index is 3.36. The molecule has 0 radical (unpaired) electrons. The molecule has 0 amide bonds. The second-order valence-corrected chi connectivity index (χ2v) is 4.18. The predicted octanol–water partition coefficient (Wildman–Crippen LogP) is 1.74. The molecule has 0 spiro atoms. The molecular weight excluding hydrogens is 142 g/mol. The van der Waals surface area contributed by atoms with Crippen molar-refractivity contribution in [1.82, 2.24) is 5.32 Å². The highest BCUT2D eigenvalue weighted by Gasteiger charge is 2.30. The van der Waals surface area contributed by atoms with Crippen LogP contribution in [0, 0.1) is 5.92 Å². The Kier molecular flexibility index (Phi) is 3.05. The zero-order valence-corrected chi connectivity index (χ0v) is 7.87. The first-order valence-corrected chi connectivity index (χ1v) is 5.28. The van der Waals surface area contributed by atoms with Crippen LogP contribution in [0.1, 0.15) is 19.8 Å². The van der Waals surface area contributed by atoms with Gasteiger partial charge in [0, 0.05) is 11.3 Å². The molecule has 10 heavy (non-hydrogen) atoms. The summed E-state index contributed by atoms with van der Waals surface area (Å²) in [6.45, 7) is 2.36. The second kappa shape index (κ2) is 3.63. The number of hydrogen-bond donors (Lipinski definition) is 1. The van der Waals surface area contributed by atoms with E-state index in [4.69, 9.17) is 0 Å². The lowest BCUT2D eigenvalue weighted by Gasteiger charge is -2.18. The third kappa shape index (κ3) is 1.48. The van der Waals surface area contributed by atoms with Gasteiger partial charge in [0.1, 0.15) is 0 Å². The molecule has 1 nitrogen and oxygen atoms in total. The molecule has 1 fully saturated rings. The summed E-state index contributed by atoms with van der Waals surface area (Å²) in [4.78, 5) is 0. The van der Waals surface area contributed by atoms with Crippen LogP contribution in [0.2, 0.25) is 0 Å². The third-order valence-electron chi connectivity index (χ3n) is 2.66. The highest BCUT2D eigenvalue weighted by atomic mass is 32.2. The first-order valence-electron chi connectivity index (χ1n) is 3.99. The molecule has 1 rings (SSSR count). The van der Waals surface area contributed by atoms with Crippen LogP contribution in [0.3, 0.4) is 0 Å². The van der Waals surface area contributed by atoms with E-state index in [0.717, 1.165) is 17.2 Å². The Hall–Kier alpha value is 0.310. The summed E-state index contributed by atoms with van der Waals surface area (Å²) in [5, 5.41) is 4.27. The second-order valence-electron chi connectivity index (χ2n) is 3.11. The van der Waals surface area contributed by atoms with Crippen molar-refractivity contribution >= 4 is 11.8 Å². The van der Waals surface area contributed by atoms with Gasteiger partial charge < -0.3 is 5.32 Å². The minimum Gasteiger partial charge on any atom is -0.317 e. The maximum Gasteiger partial charge on any atom is 0.0101 e. The molecule has 3 unspecified atom stereocenters. The van der Waals surface area contributed by atoms with Crippen LogP contribution < -0.4 is 5.32 Å². The number of hydrogen-bond acceptors (Lipinski definition) is 2. The molecule has 1 aliphatic carbocycles. The largest absolute Gasteiger partial charge is 0.317 e. The Balaban J connectivity index is 2.41. The molecule has 0 aliphatic heterocycles. The molecule has 1 saturated carbocycles. The van der Waals surface area contributed by atoms with Gasteiger partial charge in [0.15, 0.2) is 0 Å². The van der Waals surface area contributed by atoms with Gasteiger partial charge in [-0.05, 0) is 32.1 Å². The van der Waals surface area contributed by atoms with Gasteiger partial charge in [0.2, 0.25) is 0 Å². The van der Waals surface area contributed by atoms with Gasteiger partial charge in [0.25, 0.3) is 0 Å². The van der Waals surface area contributed by atoms with E-state index in [1.807, 2.05) is 11.8 Å². The van der Waals surface area contributed by atoms with E-state index in [0.29, 0.717) is 0 Å². The lowest BCUT2D eigenvalue weighted by molar-refractivity contribution is 0.464. The monoisotopic (exact) mass is 159 g/mol. The lowest BCUT2D eigenvalue weighted by atomic mass is 10.1. The van der Waals surface area contributed by atoms with Gasteiger partial charge >= 0.3 is 0 Å². The van der Waals surface area contributed by atoms with Crippen molar-refractivity contribution in [2.24, 2.45) is 5.92 Å². The molecule has 60 valence electrons. The Labute approximate surface area is 68.0 Å². The average molecular weight is 159 g/mol. The van der Waals surface area contributed by atoms with Crippen molar-refractivity contribution in [3.63, 3.8) is 0 Å². The molecule has 1 N–H and O–H groups in total. The smallest absolute Gasteiger partial charge is 0.0101 e. The maximum atomic E-state index is 3.36. The first kappa shape index (κ1) is 8.41. The molecule has 3 atom stereocenters. The van der Waals surface area contributed by atoms with Gasteiger partial charge in [-0.1, -0.05) is 6.92 Å². The van der Waals surface area contributed by atoms with Gasteiger partial charge in [-0.3, -0.25) is 0 Å². The van der Waals surface area contributed by atoms with Crippen LogP contribution in [0.25, 0.3) is 0 Å². The van der Waals surface area contributed by atoms with Gasteiger partial charge in [0.05, 0.1) is 0 Å². The summed E-state index contributed by atoms with van der Waals surface area (Å²) in [6, 6.07) is 0.775. The molecule has 0 aromatic rings. The highest BCUT2D eigenvalue weighted by Crippen LogP contribution is 2.33. The van der Waals surface area contributed by atoms with Crippen molar-refractivity contribution < 1.29 is 0 Å². The van der Waals surface area contributed by atoms with Crippen molar-refractivity contribution in [3.8, 4) is 0 Å². The van der Waals surface area contributed by atoms with Gasteiger partial charge in [-0.2, -0.15) is 11.8 Å². The SMILES string of the molecule is CNC1CCC(SC)C1C. The van der Waals surface area contributed by atoms with E-state index in [-0.39, 0.29) is 0 Å². The fourth-order valence-corrected chi connectivity index (χ4v) is 2.86. The van der Waals surface area contributed by atoms with Gasteiger partial charge in [-0.15, -0.1) is 0 Å². The summed E-state index contributed by atoms with van der Waals surface area (Å²) in [7, 11) is 2.07. The fraction of sp³-hybridized carbons (Fsp3) is 1.00. The zero-order valence-electron chi connectivity index (χ0n) is 7.05. The fourth-order valence-electron chi connectivity index (χ4n) is 1.87. The summed E-state index contributed by atoms with van der Waals surface area (Å²) in [5.41, 5.74) is 0.